The second-order valence-electron chi connectivity index (χ2n) is 5.83. The number of hydrogen-bond acceptors (Lipinski definition) is 4. The number of aryl methyl sites for hydroxylation is 1. The van der Waals surface area contributed by atoms with Crippen LogP contribution in [0.4, 0.5) is 0 Å². The van der Waals surface area contributed by atoms with Crippen molar-refractivity contribution in [3.8, 4) is 5.75 Å². The van der Waals surface area contributed by atoms with Crippen LogP contribution in [-0.4, -0.2) is 34.7 Å². The lowest BCUT2D eigenvalue weighted by Gasteiger charge is -2.18. The first-order valence-electron chi connectivity index (χ1n) is 7.26. The van der Waals surface area contributed by atoms with Gasteiger partial charge >= 0.3 is 0 Å². The average Bonchev–Trinajstić information content (AvgIpc) is 2.89. The van der Waals surface area contributed by atoms with Gasteiger partial charge in [0, 0.05) is 12.6 Å². The van der Waals surface area contributed by atoms with Gasteiger partial charge in [0.1, 0.15) is 5.75 Å². The number of ether oxygens (including phenoxy) is 1. The molecule has 1 aliphatic heterocycles. The van der Waals surface area contributed by atoms with Crippen LogP contribution in [0.1, 0.15) is 37.3 Å². The molecule has 0 spiro atoms. The maximum atomic E-state index is 12.6. The summed E-state index contributed by atoms with van der Waals surface area (Å²) in [5, 5.41) is 3.16. The monoisotopic (exact) mass is 348 g/mol. The van der Waals surface area contributed by atoms with Crippen molar-refractivity contribution in [2.45, 2.75) is 44.0 Å². The Bertz CT molecular complexity index is 611. The van der Waals surface area contributed by atoms with Gasteiger partial charge in [-0.2, -0.15) is 0 Å². The summed E-state index contributed by atoms with van der Waals surface area (Å²) in [5.41, 5.74) is 1.61. The molecule has 2 N–H and O–H groups in total. The maximum Gasteiger partial charge on any atom is 0.241 e. The first-order chi connectivity index (χ1) is 9.85. The molecule has 1 unspecified atom stereocenters. The molecule has 0 aliphatic carbocycles. The standard InChI is InChI=1S/C15H24N2O3S.ClH/c1-10(2)13-8-15(11(3)7-14(13)20-4)21(18,19)17-12-5-6-16-9-12;/h7-8,10,12,16-17H,5-6,9H2,1-4H3;1H. The van der Waals surface area contributed by atoms with Crippen molar-refractivity contribution in [2.24, 2.45) is 0 Å². The van der Waals surface area contributed by atoms with Crippen molar-refractivity contribution in [2.75, 3.05) is 20.2 Å². The van der Waals surface area contributed by atoms with E-state index < -0.39 is 10.0 Å². The van der Waals surface area contributed by atoms with E-state index in [9.17, 15) is 8.42 Å². The first kappa shape index (κ1) is 19.2. The van der Waals surface area contributed by atoms with Gasteiger partial charge < -0.3 is 10.1 Å². The van der Waals surface area contributed by atoms with Gasteiger partial charge in [0.2, 0.25) is 10.0 Å². The fourth-order valence-electron chi connectivity index (χ4n) is 2.63. The van der Waals surface area contributed by atoms with Crippen LogP contribution in [0.15, 0.2) is 17.0 Å². The summed E-state index contributed by atoms with van der Waals surface area (Å²) in [4.78, 5) is 0.346. The number of sulfonamides is 1. The fraction of sp³-hybridized carbons (Fsp3) is 0.600. The molecule has 7 heteroatoms. The molecule has 126 valence electrons. The molecule has 0 saturated carbocycles. The largest absolute Gasteiger partial charge is 0.496 e. The summed E-state index contributed by atoms with van der Waals surface area (Å²) in [7, 11) is -1.89. The quantitative estimate of drug-likeness (QED) is 0.856. The predicted octanol–water partition coefficient (Wildman–Crippen LogP) is 2.19. The maximum absolute atomic E-state index is 12.6. The smallest absolute Gasteiger partial charge is 0.241 e. The zero-order valence-electron chi connectivity index (χ0n) is 13.5. The van der Waals surface area contributed by atoms with Gasteiger partial charge in [0.25, 0.3) is 0 Å². The van der Waals surface area contributed by atoms with E-state index in [2.05, 4.69) is 10.0 Å². The zero-order valence-corrected chi connectivity index (χ0v) is 15.1. The van der Waals surface area contributed by atoms with Crippen molar-refractivity contribution >= 4 is 22.4 Å². The highest BCUT2D eigenvalue weighted by atomic mass is 35.5. The lowest BCUT2D eigenvalue weighted by Crippen LogP contribution is -2.36. The highest BCUT2D eigenvalue weighted by Gasteiger charge is 2.25. The van der Waals surface area contributed by atoms with Gasteiger partial charge in [-0.25, -0.2) is 13.1 Å². The molecule has 1 aromatic rings. The minimum atomic E-state index is -3.50. The first-order valence-corrected chi connectivity index (χ1v) is 8.75. The SMILES string of the molecule is COc1cc(C)c(S(=O)(=O)NC2CCNC2)cc1C(C)C.Cl. The molecule has 0 aromatic heterocycles. The van der Waals surface area contributed by atoms with Crippen molar-refractivity contribution in [3.63, 3.8) is 0 Å². The Labute approximate surface area is 139 Å². The Morgan fingerprint density at radius 3 is 2.55 bits per heavy atom. The van der Waals surface area contributed by atoms with E-state index in [-0.39, 0.29) is 24.4 Å². The third-order valence-corrected chi connectivity index (χ3v) is 5.48. The summed E-state index contributed by atoms with van der Waals surface area (Å²) >= 11 is 0. The molecular formula is C15H25ClN2O3S. The molecule has 0 amide bonds. The number of rotatable bonds is 5. The van der Waals surface area contributed by atoms with Gasteiger partial charge in [-0.15, -0.1) is 12.4 Å². The van der Waals surface area contributed by atoms with Crippen LogP contribution in [0.25, 0.3) is 0 Å². The van der Waals surface area contributed by atoms with Crippen LogP contribution in [0.2, 0.25) is 0 Å². The molecule has 0 radical (unpaired) electrons. The summed E-state index contributed by atoms with van der Waals surface area (Å²) in [6.07, 6.45) is 0.825. The lowest BCUT2D eigenvalue weighted by atomic mass is 10.0. The van der Waals surface area contributed by atoms with Crippen LogP contribution in [-0.2, 0) is 10.0 Å². The van der Waals surface area contributed by atoms with Crippen LogP contribution in [0.5, 0.6) is 5.75 Å². The number of methoxy groups -OCH3 is 1. The zero-order chi connectivity index (χ0) is 15.6. The third kappa shape index (κ3) is 4.13. The number of halogens is 1. The molecule has 0 bridgehead atoms. The molecule has 22 heavy (non-hydrogen) atoms. The van der Waals surface area contributed by atoms with E-state index in [1.807, 2.05) is 13.8 Å². The topological polar surface area (TPSA) is 67.4 Å². The van der Waals surface area contributed by atoms with Crippen molar-refractivity contribution < 1.29 is 13.2 Å². The van der Waals surface area contributed by atoms with Crippen LogP contribution in [0, 0.1) is 6.92 Å². The molecule has 1 aliphatic rings. The van der Waals surface area contributed by atoms with Crippen LogP contribution >= 0.6 is 12.4 Å². The van der Waals surface area contributed by atoms with Gasteiger partial charge in [-0.3, -0.25) is 0 Å². The molecule has 1 heterocycles. The molecular weight excluding hydrogens is 324 g/mol. The number of nitrogens with one attached hydrogen (secondary N) is 2. The second kappa shape index (κ2) is 7.64. The number of hydrogen-bond donors (Lipinski definition) is 2. The predicted molar refractivity (Wildman–Crippen MR) is 90.7 cm³/mol. The van der Waals surface area contributed by atoms with E-state index in [1.165, 1.54) is 0 Å². The summed E-state index contributed by atoms with van der Waals surface area (Å²) in [6.45, 7) is 7.39. The van der Waals surface area contributed by atoms with Crippen molar-refractivity contribution in [3.05, 3.63) is 23.3 Å². The van der Waals surface area contributed by atoms with Crippen LogP contribution in [0.3, 0.4) is 0 Å². The molecule has 1 aromatic carbocycles. The molecule has 1 saturated heterocycles. The normalized spacial score (nSPS) is 18.3. The average molecular weight is 349 g/mol. The highest BCUT2D eigenvalue weighted by Crippen LogP contribution is 2.31. The van der Waals surface area contributed by atoms with Crippen LogP contribution < -0.4 is 14.8 Å². The number of benzene rings is 1. The van der Waals surface area contributed by atoms with Gasteiger partial charge in [-0.05, 0) is 49.1 Å². The highest BCUT2D eigenvalue weighted by molar-refractivity contribution is 7.89. The van der Waals surface area contributed by atoms with Crippen molar-refractivity contribution in [1.29, 1.82) is 0 Å². The van der Waals surface area contributed by atoms with E-state index in [1.54, 1.807) is 26.2 Å². The van der Waals surface area contributed by atoms with E-state index in [0.717, 1.165) is 24.3 Å². The second-order valence-corrected chi connectivity index (χ2v) is 7.51. The Kier molecular flexibility index (Phi) is 6.67. The Balaban J connectivity index is 0.00000242. The minimum absolute atomic E-state index is 0. The van der Waals surface area contributed by atoms with Gasteiger partial charge in [0.05, 0.1) is 12.0 Å². The van der Waals surface area contributed by atoms with Gasteiger partial charge in [-0.1, -0.05) is 13.8 Å². The Hall–Kier alpha value is -0.820. The third-order valence-electron chi connectivity index (χ3n) is 3.82. The van der Waals surface area contributed by atoms with E-state index in [0.29, 0.717) is 17.0 Å². The summed E-state index contributed by atoms with van der Waals surface area (Å²) < 4.78 is 33.4. The van der Waals surface area contributed by atoms with E-state index in [4.69, 9.17) is 4.74 Å². The molecule has 1 fully saturated rings. The molecule has 2 rings (SSSR count). The Morgan fingerprint density at radius 2 is 2.05 bits per heavy atom. The fourth-order valence-corrected chi connectivity index (χ4v) is 4.16. The summed E-state index contributed by atoms with van der Waals surface area (Å²) in [6, 6.07) is 3.51. The minimum Gasteiger partial charge on any atom is -0.496 e. The van der Waals surface area contributed by atoms with Gasteiger partial charge in [0.15, 0.2) is 0 Å². The Morgan fingerprint density at radius 1 is 1.36 bits per heavy atom. The summed E-state index contributed by atoms with van der Waals surface area (Å²) in [5.74, 6) is 0.937. The van der Waals surface area contributed by atoms with Crippen molar-refractivity contribution in [1.82, 2.24) is 10.0 Å². The molecule has 5 nitrogen and oxygen atoms in total. The van der Waals surface area contributed by atoms with E-state index >= 15 is 0 Å². The lowest BCUT2D eigenvalue weighted by molar-refractivity contribution is 0.406. The molecule has 1 atom stereocenters.